The smallest absolute Gasteiger partial charge is 0.267 e. The number of hydrogen-bond acceptors (Lipinski definition) is 4. The lowest BCUT2D eigenvalue weighted by Crippen LogP contribution is -2.26. The van der Waals surface area contributed by atoms with Gasteiger partial charge in [0.1, 0.15) is 0 Å². The summed E-state index contributed by atoms with van der Waals surface area (Å²) in [5.41, 5.74) is 1.27. The van der Waals surface area contributed by atoms with E-state index in [4.69, 9.17) is 0 Å². The summed E-state index contributed by atoms with van der Waals surface area (Å²) in [4.78, 5) is 14.6. The van der Waals surface area contributed by atoms with Gasteiger partial charge in [0, 0.05) is 4.88 Å². The molecule has 2 heterocycles. The van der Waals surface area contributed by atoms with Gasteiger partial charge in [-0.2, -0.15) is 0 Å². The van der Waals surface area contributed by atoms with E-state index < -0.39 is 0 Å². The number of hydrogen-bond donors (Lipinski definition) is 0. The van der Waals surface area contributed by atoms with Crippen molar-refractivity contribution in [1.82, 2.24) is 15.0 Å². The van der Waals surface area contributed by atoms with E-state index in [9.17, 15) is 4.79 Å². The van der Waals surface area contributed by atoms with Crippen LogP contribution in [0, 0.1) is 5.92 Å². The molecule has 2 aromatic rings. The Kier molecular flexibility index (Phi) is 2.73. The maximum atomic E-state index is 12.5. The van der Waals surface area contributed by atoms with Gasteiger partial charge >= 0.3 is 0 Å². The molecule has 3 rings (SSSR count). The molecule has 0 aliphatic heterocycles. The Labute approximate surface area is 110 Å². The minimum absolute atomic E-state index is 0.0297. The zero-order valence-corrected chi connectivity index (χ0v) is 11.8. The Balaban J connectivity index is 2.28. The Morgan fingerprint density at radius 1 is 1.44 bits per heavy atom. The topological polar surface area (TPSA) is 47.8 Å². The molecule has 4 nitrogen and oxygen atoms in total. The highest BCUT2D eigenvalue weighted by atomic mass is 32.1. The van der Waals surface area contributed by atoms with Gasteiger partial charge in [0.2, 0.25) is 0 Å². The van der Waals surface area contributed by atoms with Crippen molar-refractivity contribution in [2.75, 3.05) is 0 Å². The van der Waals surface area contributed by atoms with Crippen molar-refractivity contribution in [1.29, 1.82) is 0 Å². The van der Waals surface area contributed by atoms with Gasteiger partial charge in [-0.1, -0.05) is 12.1 Å². The van der Waals surface area contributed by atoms with Gasteiger partial charge in [-0.15, -0.1) is 16.4 Å². The van der Waals surface area contributed by atoms with E-state index in [0.717, 1.165) is 23.1 Å². The van der Waals surface area contributed by atoms with Crippen LogP contribution in [0.4, 0.5) is 0 Å². The Hall–Kier alpha value is -1.23. The zero-order chi connectivity index (χ0) is 12.9. The summed E-state index contributed by atoms with van der Waals surface area (Å²) in [5.74, 6) is 0.714. The third-order valence-corrected chi connectivity index (χ3v) is 4.77. The van der Waals surface area contributed by atoms with Gasteiger partial charge in [-0.25, -0.2) is 4.68 Å². The van der Waals surface area contributed by atoms with Crippen LogP contribution in [0.1, 0.15) is 43.7 Å². The van der Waals surface area contributed by atoms with Gasteiger partial charge in [-0.05, 0) is 44.6 Å². The monoisotopic (exact) mass is 263 g/mol. The normalized spacial score (nSPS) is 19.4. The van der Waals surface area contributed by atoms with Crippen molar-refractivity contribution in [2.24, 2.45) is 5.92 Å². The third kappa shape index (κ3) is 1.68. The van der Waals surface area contributed by atoms with Gasteiger partial charge < -0.3 is 0 Å². The molecule has 0 saturated carbocycles. The minimum Gasteiger partial charge on any atom is -0.267 e. The van der Waals surface area contributed by atoms with E-state index in [2.05, 4.69) is 17.2 Å². The lowest BCUT2D eigenvalue weighted by Gasteiger charge is -2.17. The van der Waals surface area contributed by atoms with Gasteiger partial charge in [-0.3, -0.25) is 4.79 Å². The highest BCUT2D eigenvalue weighted by Crippen LogP contribution is 2.35. The lowest BCUT2D eigenvalue weighted by molar-refractivity contribution is 0.480. The van der Waals surface area contributed by atoms with Crippen molar-refractivity contribution >= 4 is 21.6 Å². The number of fused-ring (bicyclic) bond motifs is 3. The summed E-state index contributed by atoms with van der Waals surface area (Å²) in [7, 11) is 0. The Morgan fingerprint density at radius 2 is 2.22 bits per heavy atom. The molecule has 0 amide bonds. The first-order valence-corrected chi connectivity index (χ1v) is 7.29. The van der Waals surface area contributed by atoms with Gasteiger partial charge in [0.05, 0.1) is 11.4 Å². The van der Waals surface area contributed by atoms with Crippen molar-refractivity contribution in [3.8, 4) is 0 Å². The molecule has 2 aromatic heterocycles. The van der Waals surface area contributed by atoms with Crippen LogP contribution < -0.4 is 5.56 Å². The molecule has 0 bridgehead atoms. The first-order valence-electron chi connectivity index (χ1n) is 6.47. The second-order valence-corrected chi connectivity index (χ2v) is 6.55. The van der Waals surface area contributed by atoms with E-state index in [1.54, 1.807) is 11.3 Å². The highest BCUT2D eigenvalue weighted by Gasteiger charge is 2.23. The number of rotatable bonds is 1. The maximum absolute atomic E-state index is 12.5. The second kappa shape index (κ2) is 4.16. The van der Waals surface area contributed by atoms with Gasteiger partial charge in [0.25, 0.3) is 5.56 Å². The van der Waals surface area contributed by atoms with Crippen molar-refractivity contribution in [2.45, 2.75) is 46.1 Å². The molecule has 0 fully saturated rings. The Morgan fingerprint density at radius 3 is 2.94 bits per heavy atom. The molecule has 96 valence electrons. The van der Waals surface area contributed by atoms with Crippen molar-refractivity contribution < 1.29 is 0 Å². The summed E-state index contributed by atoms with van der Waals surface area (Å²) >= 11 is 1.65. The Bertz CT molecular complexity index is 656. The van der Waals surface area contributed by atoms with Crippen LogP contribution in [-0.4, -0.2) is 15.0 Å². The van der Waals surface area contributed by atoms with Crippen LogP contribution in [0.2, 0.25) is 0 Å². The largest absolute Gasteiger partial charge is 0.279 e. The van der Waals surface area contributed by atoms with Crippen LogP contribution >= 0.6 is 11.3 Å². The number of thiophene rings is 1. The first kappa shape index (κ1) is 11.8. The van der Waals surface area contributed by atoms with E-state index in [1.807, 2.05) is 13.8 Å². The third-order valence-electron chi connectivity index (χ3n) is 3.64. The molecule has 18 heavy (non-hydrogen) atoms. The average molecular weight is 263 g/mol. The molecule has 0 saturated heterocycles. The SMILES string of the molecule is CC(C)n1nnc2sc3c(c2c1=O)CC[C@@H](C)C3. The molecule has 5 heteroatoms. The van der Waals surface area contributed by atoms with Crippen LogP contribution in [0.15, 0.2) is 4.79 Å². The summed E-state index contributed by atoms with van der Waals surface area (Å²) < 4.78 is 1.49. The van der Waals surface area contributed by atoms with E-state index >= 15 is 0 Å². The van der Waals surface area contributed by atoms with E-state index in [-0.39, 0.29) is 11.6 Å². The fourth-order valence-electron chi connectivity index (χ4n) is 2.61. The predicted molar refractivity (Wildman–Crippen MR) is 73.2 cm³/mol. The van der Waals surface area contributed by atoms with Gasteiger partial charge in [0.15, 0.2) is 4.83 Å². The predicted octanol–water partition coefficient (Wildman–Crippen LogP) is 2.56. The van der Waals surface area contributed by atoms with E-state index in [0.29, 0.717) is 5.92 Å². The number of nitrogens with zero attached hydrogens (tertiary/aromatic N) is 3. The van der Waals surface area contributed by atoms with Crippen molar-refractivity contribution in [3.05, 3.63) is 20.8 Å². The second-order valence-electron chi connectivity index (χ2n) is 5.46. The maximum Gasteiger partial charge on any atom is 0.279 e. The molecule has 0 spiro atoms. The highest BCUT2D eigenvalue weighted by molar-refractivity contribution is 7.18. The molecular formula is C13H17N3OS. The first-order chi connectivity index (χ1) is 8.58. The van der Waals surface area contributed by atoms with Crippen LogP contribution in [0.25, 0.3) is 10.2 Å². The molecule has 0 radical (unpaired) electrons. The molecule has 1 aliphatic rings. The fourth-order valence-corrected chi connectivity index (χ4v) is 3.93. The average Bonchev–Trinajstić information content (AvgIpc) is 2.66. The fraction of sp³-hybridized carbons (Fsp3) is 0.615. The van der Waals surface area contributed by atoms with Crippen LogP contribution in [0.3, 0.4) is 0 Å². The zero-order valence-electron chi connectivity index (χ0n) is 10.9. The number of aromatic nitrogens is 3. The molecule has 0 unspecified atom stereocenters. The van der Waals surface area contributed by atoms with E-state index in [1.165, 1.54) is 21.5 Å². The summed E-state index contributed by atoms with van der Waals surface area (Å²) in [6, 6.07) is 0.0625. The standard InChI is InChI=1S/C13H17N3OS/c1-7(2)16-13(17)11-9-5-4-8(3)6-10(9)18-12(11)14-15-16/h7-8H,4-6H2,1-3H3/t8-/m1/s1. The van der Waals surface area contributed by atoms with Crippen LogP contribution in [0.5, 0.6) is 0 Å². The summed E-state index contributed by atoms with van der Waals surface area (Å²) in [6.45, 7) is 6.19. The molecule has 1 aliphatic carbocycles. The molecule has 0 aromatic carbocycles. The lowest BCUT2D eigenvalue weighted by atomic mass is 9.89. The van der Waals surface area contributed by atoms with Crippen LogP contribution in [-0.2, 0) is 12.8 Å². The summed E-state index contributed by atoms with van der Waals surface area (Å²) in [5, 5.41) is 9.08. The molecule has 0 N–H and O–H groups in total. The minimum atomic E-state index is 0.0297. The van der Waals surface area contributed by atoms with Crippen molar-refractivity contribution in [3.63, 3.8) is 0 Å². The number of aryl methyl sites for hydroxylation is 1. The quantitative estimate of drug-likeness (QED) is 0.794. The molecular weight excluding hydrogens is 246 g/mol. The molecule has 1 atom stereocenters. The summed E-state index contributed by atoms with van der Waals surface area (Å²) in [6.07, 6.45) is 3.26.